The number of amides is 1. The summed E-state index contributed by atoms with van der Waals surface area (Å²) in [6.45, 7) is 7.13. The third-order valence-electron chi connectivity index (χ3n) is 3.48. The summed E-state index contributed by atoms with van der Waals surface area (Å²) in [6.07, 6.45) is 2.67. The van der Waals surface area contributed by atoms with Crippen LogP contribution in [0.3, 0.4) is 0 Å². The van der Waals surface area contributed by atoms with Crippen molar-refractivity contribution in [2.75, 3.05) is 33.4 Å². The molecule has 100 valence electrons. The van der Waals surface area contributed by atoms with Gasteiger partial charge in [0.15, 0.2) is 0 Å². The van der Waals surface area contributed by atoms with Crippen LogP contribution in [0.15, 0.2) is 0 Å². The highest BCUT2D eigenvalue weighted by Gasteiger charge is 2.24. The zero-order valence-electron chi connectivity index (χ0n) is 11.4. The molecule has 1 rings (SSSR count). The second-order valence-corrected chi connectivity index (χ2v) is 5.88. The Bertz CT molecular complexity index is 248. The van der Waals surface area contributed by atoms with Gasteiger partial charge in [-0.1, -0.05) is 13.8 Å². The lowest BCUT2D eigenvalue weighted by Crippen LogP contribution is -2.38. The standard InChI is InChI=1S/C13H26N2O2/c1-13(2,10-14)8-12(16)15(3)9-11-4-6-17-7-5-11/h11H,4-10,14H2,1-3H3. The molecular formula is C13H26N2O2. The molecule has 0 aromatic rings. The van der Waals surface area contributed by atoms with E-state index >= 15 is 0 Å². The smallest absolute Gasteiger partial charge is 0.222 e. The molecule has 4 nitrogen and oxygen atoms in total. The molecule has 0 unspecified atom stereocenters. The van der Waals surface area contributed by atoms with E-state index < -0.39 is 0 Å². The van der Waals surface area contributed by atoms with Crippen molar-refractivity contribution in [1.29, 1.82) is 0 Å². The van der Waals surface area contributed by atoms with E-state index in [-0.39, 0.29) is 11.3 Å². The first kappa shape index (κ1) is 14.5. The summed E-state index contributed by atoms with van der Waals surface area (Å²) >= 11 is 0. The normalized spacial score (nSPS) is 18.1. The second-order valence-electron chi connectivity index (χ2n) is 5.88. The quantitative estimate of drug-likeness (QED) is 0.789. The fourth-order valence-electron chi connectivity index (χ4n) is 2.03. The molecule has 0 radical (unpaired) electrons. The Balaban J connectivity index is 2.35. The van der Waals surface area contributed by atoms with Crippen molar-refractivity contribution in [3.8, 4) is 0 Å². The first-order chi connectivity index (χ1) is 7.94. The van der Waals surface area contributed by atoms with E-state index in [1.54, 1.807) is 0 Å². The average Bonchev–Trinajstić information content (AvgIpc) is 2.30. The molecule has 1 aliphatic rings. The number of rotatable bonds is 5. The summed E-state index contributed by atoms with van der Waals surface area (Å²) in [6, 6.07) is 0. The van der Waals surface area contributed by atoms with Crippen LogP contribution in [-0.4, -0.2) is 44.2 Å². The lowest BCUT2D eigenvalue weighted by atomic mass is 9.89. The van der Waals surface area contributed by atoms with Crippen LogP contribution in [0.4, 0.5) is 0 Å². The Morgan fingerprint density at radius 3 is 2.53 bits per heavy atom. The van der Waals surface area contributed by atoms with Gasteiger partial charge in [-0.3, -0.25) is 4.79 Å². The predicted octanol–water partition coefficient (Wildman–Crippen LogP) is 1.25. The van der Waals surface area contributed by atoms with Gasteiger partial charge in [0.2, 0.25) is 5.91 Å². The van der Waals surface area contributed by atoms with Crippen LogP contribution in [0.1, 0.15) is 33.1 Å². The molecule has 17 heavy (non-hydrogen) atoms. The third kappa shape index (κ3) is 5.04. The minimum absolute atomic E-state index is 0.0962. The van der Waals surface area contributed by atoms with Gasteiger partial charge in [-0.25, -0.2) is 0 Å². The van der Waals surface area contributed by atoms with Crippen molar-refractivity contribution >= 4 is 5.91 Å². The number of nitrogens with two attached hydrogens (primary N) is 1. The molecule has 0 spiro atoms. The van der Waals surface area contributed by atoms with Crippen LogP contribution >= 0.6 is 0 Å². The van der Waals surface area contributed by atoms with Gasteiger partial charge in [-0.2, -0.15) is 0 Å². The molecule has 4 heteroatoms. The maximum absolute atomic E-state index is 12.0. The van der Waals surface area contributed by atoms with Crippen molar-refractivity contribution in [3.63, 3.8) is 0 Å². The maximum atomic E-state index is 12.0. The number of hydrogen-bond donors (Lipinski definition) is 1. The summed E-state index contributed by atoms with van der Waals surface area (Å²) < 4.78 is 5.32. The van der Waals surface area contributed by atoms with E-state index in [4.69, 9.17) is 10.5 Å². The third-order valence-corrected chi connectivity index (χ3v) is 3.48. The fraction of sp³-hybridized carbons (Fsp3) is 0.923. The SMILES string of the molecule is CN(CC1CCOCC1)C(=O)CC(C)(C)CN. The van der Waals surface area contributed by atoms with Gasteiger partial charge in [0.25, 0.3) is 0 Å². The predicted molar refractivity (Wildman–Crippen MR) is 68.6 cm³/mol. The molecule has 0 aromatic heterocycles. The van der Waals surface area contributed by atoms with E-state index in [1.807, 2.05) is 25.8 Å². The zero-order chi connectivity index (χ0) is 12.9. The molecule has 0 aromatic carbocycles. The molecule has 1 fully saturated rings. The van der Waals surface area contributed by atoms with Crippen LogP contribution in [0.25, 0.3) is 0 Å². The van der Waals surface area contributed by atoms with Gasteiger partial charge in [0, 0.05) is 33.2 Å². The second kappa shape index (κ2) is 6.36. The monoisotopic (exact) mass is 242 g/mol. The summed E-state index contributed by atoms with van der Waals surface area (Å²) in [5.41, 5.74) is 5.56. The molecular weight excluding hydrogens is 216 g/mol. The minimum atomic E-state index is -0.0962. The molecule has 1 heterocycles. The fourth-order valence-corrected chi connectivity index (χ4v) is 2.03. The van der Waals surface area contributed by atoms with Crippen molar-refractivity contribution < 1.29 is 9.53 Å². The van der Waals surface area contributed by atoms with Crippen LogP contribution < -0.4 is 5.73 Å². The number of hydrogen-bond acceptors (Lipinski definition) is 3. The first-order valence-electron chi connectivity index (χ1n) is 6.46. The molecule has 0 bridgehead atoms. The summed E-state index contributed by atoms with van der Waals surface area (Å²) in [5, 5.41) is 0. The highest BCUT2D eigenvalue weighted by atomic mass is 16.5. The van der Waals surface area contributed by atoms with Crippen LogP contribution in [0.5, 0.6) is 0 Å². The molecule has 2 N–H and O–H groups in total. The number of carbonyl (C=O) groups is 1. The lowest BCUT2D eigenvalue weighted by molar-refractivity contribution is -0.132. The number of carbonyl (C=O) groups excluding carboxylic acids is 1. The van der Waals surface area contributed by atoms with Crippen LogP contribution in [0.2, 0.25) is 0 Å². The van der Waals surface area contributed by atoms with E-state index in [2.05, 4.69) is 0 Å². The highest BCUT2D eigenvalue weighted by Crippen LogP contribution is 2.21. The van der Waals surface area contributed by atoms with Gasteiger partial charge in [0.05, 0.1) is 0 Å². The Hall–Kier alpha value is -0.610. The Kier molecular flexibility index (Phi) is 5.40. The molecule has 1 saturated heterocycles. The zero-order valence-corrected chi connectivity index (χ0v) is 11.4. The summed E-state index contributed by atoms with van der Waals surface area (Å²) in [4.78, 5) is 13.9. The van der Waals surface area contributed by atoms with Crippen LogP contribution in [-0.2, 0) is 9.53 Å². The van der Waals surface area contributed by atoms with Gasteiger partial charge >= 0.3 is 0 Å². The summed E-state index contributed by atoms with van der Waals surface area (Å²) in [7, 11) is 1.89. The van der Waals surface area contributed by atoms with Crippen molar-refractivity contribution in [3.05, 3.63) is 0 Å². The average molecular weight is 242 g/mol. The largest absolute Gasteiger partial charge is 0.381 e. The topological polar surface area (TPSA) is 55.6 Å². The van der Waals surface area contributed by atoms with E-state index in [0.717, 1.165) is 32.6 Å². The molecule has 0 saturated carbocycles. The first-order valence-corrected chi connectivity index (χ1v) is 6.46. The minimum Gasteiger partial charge on any atom is -0.381 e. The van der Waals surface area contributed by atoms with Gasteiger partial charge in [-0.05, 0) is 30.7 Å². The lowest BCUT2D eigenvalue weighted by Gasteiger charge is -2.30. The molecule has 0 aliphatic carbocycles. The van der Waals surface area contributed by atoms with Crippen molar-refractivity contribution in [2.45, 2.75) is 33.1 Å². The molecule has 1 aliphatic heterocycles. The Labute approximate surface area is 104 Å². The van der Waals surface area contributed by atoms with Gasteiger partial charge in [0.1, 0.15) is 0 Å². The molecule has 0 atom stereocenters. The number of ether oxygens (including phenoxy) is 1. The van der Waals surface area contributed by atoms with Crippen LogP contribution in [0, 0.1) is 11.3 Å². The summed E-state index contributed by atoms with van der Waals surface area (Å²) in [5.74, 6) is 0.797. The van der Waals surface area contributed by atoms with E-state index in [1.165, 1.54) is 0 Å². The Morgan fingerprint density at radius 1 is 1.41 bits per heavy atom. The van der Waals surface area contributed by atoms with Crippen molar-refractivity contribution in [2.24, 2.45) is 17.1 Å². The molecule has 1 amide bonds. The van der Waals surface area contributed by atoms with Crippen molar-refractivity contribution in [1.82, 2.24) is 4.90 Å². The maximum Gasteiger partial charge on any atom is 0.222 e. The van der Waals surface area contributed by atoms with Gasteiger partial charge < -0.3 is 15.4 Å². The highest BCUT2D eigenvalue weighted by molar-refractivity contribution is 5.76. The van der Waals surface area contributed by atoms with E-state index in [0.29, 0.717) is 18.9 Å². The van der Waals surface area contributed by atoms with E-state index in [9.17, 15) is 4.79 Å². The Morgan fingerprint density at radius 2 is 2.00 bits per heavy atom. The number of nitrogens with zero attached hydrogens (tertiary/aromatic N) is 1. The van der Waals surface area contributed by atoms with Gasteiger partial charge in [-0.15, -0.1) is 0 Å².